The number of nitrogens with one attached hydrogen (secondary N) is 3. The van der Waals surface area contributed by atoms with E-state index in [1.165, 1.54) is 0 Å². The SMILES string of the molecule is C=CCOc1ccc(NCC(=O)Nc2ccc(C(=O)NCCOC)cc2)cc1. The molecule has 0 aliphatic carbocycles. The van der Waals surface area contributed by atoms with Crippen molar-refractivity contribution in [1.82, 2.24) is 5.32 Å². The fraction of sp³-hybridized carbons (Fsp3) is 0.238. The van der Waals surface area contributed by atoms with Crippen LogP contribution in [0.2, 0.25) is 0 Å². The Labute approximate surface area is 164 Å². The molecule has 0 unspecified atom stereocenters. The molecule has 0 aliphatic heterocycles. The van der Waals surface area contributed by atoms with Crippen LogP contribution in [0.3, 0.4) is 0 Å². The van der Waals surface area contributed by atoms with Gasteiger partial charge in [0, 0.05) is 30.6 Å². The number of benzene rings is 2. The van der Waals surface area contributed by atoms with Gasteiger partial charge in [-0.25, -0.2) is 0 Å². The van der Waals surface area contributed by atoms with E-state index in [-0.39, 0.29) is 18.4 Å². The molecule has 0 heterocycles. The van der Waals surface area contributed by atoms with Crippen molar-refractivity contribution >= 4 is 23.2 Å². The molecule has 0 atom stereocenters. The van der Waals surface area contributed by atoms with Gasteiger partial charge in [0.05, 0.1) is 13.2 Å². The largest absolute Gasteiger partial charge is 0.490 e. The monoisotopic (exact) mass is 383 g/mol. The van der Waals surface area contributed by atoms with Gasteiger partial charge in [-0.1, -0.05) is 12.7 Å². The average Bonchev–Trinajstić information content (AvgIpc) is 2.72. The summed E-state index contributed by atoms with van der Waals surface area (Å²) < 4.78 is 10.3. The Kier molecular flexibility index (Phi) is 8.55. The molecule has 0 fully saturated rings. The van der Waals surface area contributed by atoms with E-state index in [0.717, 1.165) is 11.4 Å². The minimum absolute atomic E-state index is 0.117. The minimum Gasteiger partial charge on any atom is -0.490 e. The molecule has 2 aromatic carbocycles. The van der Waals surface area contributed by atoms with Gasteiger partial charge in [-0.2, -0.15) is 0 Å². The molecule has 7 heteroatoms. The van der Waals surface area contributed by atoms with E-state index in [2.05, 4.69) is 22.5 Å². The van der Waals surface area contributed by atoms with Crippen molar-refractivity contribution in [2.45, 2.75) is 0 Å². The molecule has 0 bridgehead atoms. The van der Waals surface area contributed by atoms with E-state index in [0.29, 0.717) is 31.0 Å². The molecule has 28 heavy (non-hydrogen) atoms. The van der Waals surface area contributed by atoms with Crippen molar-refractivity contribution in [3.8, 4) is 5.75 Å². The highest BCUT2D eigenvalue weighted by molar-refractivity contribution is 5.96. The van der Waals surface area contributed by atoms with Crippen molar-refractivity contribution in [2.75, 3.05) is 44.0 Å². The molecule has 2 rings (SSSR count). The Morgan fingerprint density at radius 3 is 2.36 bits per heavy atom. The van der Waals surface area contributed by atoms with E-state index in [4.69, 9.17) is 9.47 Å². The van der Waals surface area contributed by atoms with Crippen molar-refractivity contribution in [1.29, 1.82) is 0 Å². The van der Waals surface area contributed by atoms with Crippen LogP contribution in [0.15, 0.2) is 61.2 Å². The molecule has 0 aliphatic rings. The van der Waals surface area contributed by atoms with E-state index in [1.54, 1.807) is 37.5 Å². The first kappa shape index (κ1) is 21.0. The zero-order valence-electron chi connectivity index (χ0n) is 15.9. The maximum absolute atomic E-state index is 12.1. The summed E-state index contributed by atoms with van der Waals surface area (Å²) in [6.07, 6.45) is 1.68. The third kappa shape index (κ3) is 7.13. The first-order valence-corrected chi connectivity index (χ1v) is 8.87. The second-order valence-electron chi connectivity index (χ2n) is 5.85. The minimum atomic E-state index is -0.190. The van der Waals surface area contributed by atoms with Crippen LogP contribution in [0, 0.1) is 0 Å². The number of hydrogen-bond acceptors (Lipinski definition) is 5. The number of hydrogen-bond donors (Lipinski definition) is 3. The zero-order chi connectivity index (χ0) is 20.2. The van der Waals surface area contributed by atoms with Crippen molar-refractivity contribution in [3.05, 3.63) is 66.7 Å². The van der Waals surface area contributed by atoms with Crippen LogP contribution in [0.5, 0.6) is 5.75 Å². The van der Waals surface area contributed by atoms with Gasteiger partial charge in [0.2, 0.25) is 5.91 Å². The molecule has 2 amide bonds. The van der Waals surface area contributed by atoms with Gasteiger partial charge in [0.25, 0.3) is 5.91 Å². The lowest BCUT2D eigenvalue weighted by Gasteiger charge is -2.10. The lowest BCUT2D eigenvalue weighted by Crippen LogP contribution is -2.27. The predicted molar refractivity (Wildman–Crippen MR) is 110 cm³/mol. The Bertz CT molecular complexity index is 773. The highest BCUT2D eigenvalue weighted by Crippen LogP contribution is 2.15. The van der Waals surface area contributed by atoms with Gasteiger partial charge >= 0.3 is 0 Å². The van der Waals surface area contributed by atoms with Gasteiger partial charge in [0.1, 0.15) is 12.4 Å². The van der Waals surface area contributed by atoms with Crippen LogP contribution in [0.4, 0.5) is 11.4 Å². The van der Waals surface area contributed by atoms with Crippen molar-refractivity contribution < 1.29 is 19.1 Å². The van der Waals surface area contributed by atoms with Crippen LogP contribution in [0.25, 0.3) is 0 Å². The van der Waals surface area contributed by atoms with Gasteiger partial charge < -0.3 is 25.4 Å². The smallest absolute Gasteiger partial charge is 0.251 e. The van der Waals surface area contributed by atoms with Gasteiger partial charge in [-0.15, -0.1) is 0 Å². The molecule has 0 saturated heterocycles. The fourth-order valence-corrected chi connectivity index (χ4v) is 2.29. The van der Waals surface area contributed by atoms with Crippen molar-refractivity contribution in [2.24, 2.45) is 0 Å². The molecule has 0 spiro atoms. The number of carbonyl (C=O) groups excluding carboxylic acids is 2. The third-order valence-corrected chi connectivity index (χ3v) is 3.70. The summed E-state index contributed by atoms with van der Waals surface area (Å²) in [7, 11) is 1.58. The normalized spacial score (nSPS) is 10.0. The molecule has 148 valence electrons. The number of anilines is 2. The Morgan fingerprint density at radius 1 is 1.04 bits per heavy atom. The topological polar surface area (TPSA) is 88.7 Å². The van der Waals surface area contributed by atoms with E-state index >= 15 is 0 Å². The average molecular weight is 383 g/mol. The van der Waals surface area contributed by atoms with Gasteiger partial charge in [0.15, 0.2) is 0 Å². The lowest BCUT2D eigenvalue weighted by atomic mass is 10.2. The van der Waals surface area contributed by atoms with E-state index in [9.17, 15) is 9.59 Å². The summed E-state index contributed by atoms with van der Waals surface area (Å²) in [5, 5.41) is 8.56. The highest BCUT2D eigenvalue weighted by Gasteiger charge is 2.06. The van der Waals surface area contributed by atoms with Crippen molar-refractivity contribution in [3.63, 3.8) is 0 Å². The second-order valence-corrected chi connectivity index (χ2v) is 5.85. The quantitative estimate of drug-likeness (QED) is 0.410. The Balaban J connectivity index is 1.78. The second kappa shape index (κ2) is 11.4. The molecule has 3 N–H and O–H groups in total. The summed E-state index contributed by atoms with van der Waals surface area (Å²) in [6, 6.07) is 14.0. The molecule has 7 nitrogen and oxygen atoms in total. The molecule has 0 radical (unpaired) electrons. The molecular weight excluding hydrogens is 358 g/mol. The van der Waals surface area contributed by atoms with Gasteiger partial charge in [-0.3, -0.25) is 9.59 Å². The van der Waals surface area contributed by atoms with Crippen LogP contribution in [0.1, 0.15) is 10.4 Å². The first-order valence-electron chi connectivity index (χ1n) is 8.87. The lowest BCUT2D eigenvalue weighted by molar-refractivity contribution is -0.114. The predicted octanol–water partition coefficient (Wildman–Crippen LogP) is 2.68. The standard InChI is InChI=1S/C21H25N3O4/c1-3-13-28-19-10-8-17(9-11-19)23-15-20(25)24-18-6-4-16(5-7-18)21(26)22-12-14-27-2/h3-11,23H,1,12-15H2,2H3,(H,22,26)(H,24,25). The molecular formula is C21H25N3O4. The summed E-state index contributed by atoms with van der Waals surface area (Å²) in [6.45, 7) is 5.06. The summed E-state index contributed by atoms with van der Waals surface area (Å²) >= 11 is 0. The molecule has 0 saturated carbocycles. The first-order chi connectivity index (χ1) is 13.6. The van der Waals surface area contributed by atoms with Gasteiger partial charge in [-0.05, 0) is 48.5 Å². The van der Waals surface area contributed by atoms with E-state index < -0.39 is 0 Å². The fourth-order valence-electron chi connectivity index (χ4n) is 2.29. The maximum Gasteiger partial charge on any atom is 0.251 e. The number of methoxy groups -OCH3 is 1. The summed E-state index contributed by atoms with van der Waals surface area (Å²) in [4.78, 5) is 24.0. The molecule has 2 aromatic rings. The summed E-state index contributed by atoms with van der Waals surface area (Å²) in [5.74, 6) is 0.364. The van der Waals surface area contributed by atoms with E-state index in [1.807, 2.05) is 24.3 Å². The highest BCUT2D eigenvalue weighted by atomic mass is 16.5. The molecule has 0 aromatic heterocycles. The van der Waals surface area contributed by atoms with Crippen LogP contribution < -0.4 is 20.7 Å². The number of carbonyl (C=O) groups is 2. The zero-order valence-corrected chi connectivity index (χ0v) is 15.9. The third-order valence-electron chi connectivity index (χ3n) is 3.70. The Hall–Kier alpha value is -3.32. The maximum atomic E-state index is 12.1. The number of rotatable bonds is 11. The Morgan fingerprint density at radius 2 is 1.71 bits per heavy atom. The van der Waals surface area contributed by atoms with Crippen LogP contribution >= 0.6 is 0 Å². The van der Waals surface area contributed by atoms with Crippen LogP contribution in [-0.2, 0) is 9.53 Å². The number of amides is 2. The summed E-state index contributed by atoms with van der Waals surface area (Å²) in [5.41, 5.74) is 1.95. The number of ether oxygens (including phenoxy) is 2. The van der Waals surface area contributed by atoms with Crippen LogP contribution in [-0.4, -0.2) is 45.2 Å².